The van der Waals surface area contributed by atoms with E-state index >= 15 is 0 Å². The van der Waals surface area contributed by atoms with Crippen LogP contribution in [0.5, 0.6) is 0 Å². The molecule has 0 aliphatic heterocycles. The first kappa shape index (κ1) is 21.7. The van der Waals surface area contributed by atoms with Gasteiger partial charge in [0.25, 0.3) is 0 Å². The number of benzene rings is 2. The monoisotopic (exact) mass is 380 g/mol. The summed E-state index contributed by atoms with van der Waals surface area (Å²) < 4.78 is 0. The van der Waals surface area contributed by atoms with Crippen molar-refractivity contribution >= 4 is 11.8 Å². The Kier molecular flexibility index (Phi) is 7.80. The lowest BCUT2D eigenvalue weighted by Gasteiger charge is -2.29. The van der Waals surface area contributed by atoms with Crippen molar-refractivity contribution in [2.45, 2.75) is 60.0 Å². The zero-order chi connectivity index (χ0) is 20.7. The van der Waals surface area contributed by atoms with E-state index in [1.54, 1.807) is 11.8 Å². The van der Waals surface area contributed by atoms with Crippen LogP contribution in [-0.4, -0.2) is 29.3 Å². The highest BCUT2D eigenvalue weighted by molar-refractivity contribution is 5.88. The van der Waals surface area contributed by atoms with E-state index in [9.17, 15) is 9.59 Å². The van der Waals surface area contributed by atoms with Crippen molar-refractivity contribution in [1.82, 2.24) is 10.2 Å². The molecule has 0 aliphatic carbocycles. The molecule has 0 aromatic heterocycles. The molecular formula is C24H32N2O2. The van der Waals surface area contributed by atoms with Gasteiger partial charge in [0.2, 0.25) is 11.8 Å². The number of hydrogen-bond donors (Lipinski definition) is 1. The van der Waals surface area contributed by atoms with E-state index in [0.717, 1.165) is 17.5 Å². The van der Waals surface area contributed by atoms with Crippen LogP contribution in [0.25, 0.3) is 0 Å². The van der Waals surface area contributed by atoms with Gasteiger partial charge in [-0.1, -0.05) is 55.0 Å². The number of amides is 2. The second-order valence-electron chi connectivity index (χ2n) is 7.57. The number of carbonyl (C=O) groups is 2. The summed E-state index contributed by atoms with van der Waals surface area (Å²) >= 11 is 0. The molecule has 0 saturated heterocycles. The van der Waals surface area contributed by atoms with Gasteiger partial charge in [-0.05, 0) is 56.4 Å². The Morgan fingerprint density at radius 1 is 0.964 bits per heavy atom. The minimum atomic E-state index is -0.521. The smallest absolute Gasteiger partial charge is 0.242 e. The summed E-state index contributed by atoms with van der Waals surface area (Å²) in [5.74, 6) is -0.148. The third-order valence-electron chi connectivity index (χ3n) is 5.12. The SMILES string of the molecule is CCCNC(=O)C(C)N(Cc1ccc(C)cc1)C(=O)Cc1ccc(C)c(C)c1. The van der Waals surface area contributed by atoms with E-state index < -0.39 is 6.04 Å². The largest absolute Gasteiger partial charge is 0.354 e. The van der Waals surface area contributed by atoms with Gasteiger partial charge in [-0.15, -0.1) is 0 Å². The normalized spacial score (nSPS) is 11.8. The fourth-order valence-electron chi connectivity index (χ4n) is 3.06. The van der Waals surface area contributed by atoms with Crippen molar-refractivity contribution in [3.05, 3.63) is 70.3 Å². The third-order valence-corrected chi connectivity index (χ3v) is 5.12. The van der Waals surface area contributed by atoms with E-state index in [1.165, 1.54) is 16.7 Å². The van der Waals surface area contributed by atoms with Gasteiger partial charge in [-0.25, -0.2) is 0 Å². The molecule has 0 fully saturated rings. The molecule has 2 aromatic rings. The zero-order valence-corrected chi connectivity index (χ0v) is 17.7. The highest BCUT2D eigenvalue weighted by atomic mass is 16.2. The molecular weight excluding hydrogens is 348 g/mol. The summed E-state index contributed by atoms with van der Waals surface area (Å²) in [7, 11) is 0. The number of carbonyl (C=O) groups excluding carboxylic acids is 2. The van der Waals surface area contributed by atoms with Crippen molar-refractivity contribution in [1.29, 1.82) is 0 Å². The highest BCUT2D eigenvalue weighted by Crippen LogP contribution is 2.15. The molecule has 2 rings (SSSR count). The molecule has 0 heterocycles. The highest BCUT2D eigenvalue weighted by Gasteiger charge is 2.26. The molecule has 0 bridgehead atoms. The van der Waals surface area contributed by atoms with E-state index in [0.29, 0.717) is 19.5 Å². The average Bonchev–Trinajstić information content (AvgIpc) is 2.67. The maximum Gasteiger partial charge on any atom is 0.242 e. The van der Waals surface area contributed by atoms with Crippen LogP contribution >= 0.6 is 0 Å². The summed E-state index contributed by atoms with van der Waals surface area (Å²) in [5.41, 5.74) is 5.55. The fraction of sp³-hybridized carbons (Fsp3) is 0.417. The molecule has 1 N–H and O–H groups in total. The Hall–Kier alpha value is -2.62. The molecule has 1 atom stereocenters. The fourth-order valence-corrected chi connectivity index (χ4v) is 3.06. The van der Waals surface area contributed by atoms with Crippen molar-refractivity contribution in [3.8, 4) is 0 Å². The Bertz CT molecular complexity index is 812. The summed E-state index contributed by atoms with van der Waals surface area (Å²) in [4.78, 5) is 27.4. The van der Waals surface area contributed by atoms with Crippen LogP contribution in [0.15, 0.2) is 42.5 Å². The molecule has 0 radical (unpaired) electrons. The van der Waals surface area contributed by atoms with Crippen LogP contribution in [-0.2, 0) is 22.6 Å². The Balaban J connectivity index is 2.21. The van der Waals surface area contributed by atoms with Gasteiger partial charge in [0.15, 0.2) is 0 Å². The van der Waals surface area contributed by atoms with Crippen molar-refractivity contribution in [2.24, 2.45) is 0 Å². The van der Waals surface area contributed by atoms with Gasteiger partial charge >= 0.3 is 0 Å². The molecule has 2 aromatic carbocycles. The van der Waals surface area contributed by atoms with Crippen LogP contribution in [0.1, 0.15) is 48.1 Å². The van der Waals surface area contributed by atoms with E-state index in [2.05, 4.69) is 18.3 Å². The van der Waals surface area contributed by atoms with Crippen LogP contribution in [0.2, 0.25) is 0 Å². The minimum Gasteiger partial charge on any atom is -0.354 e. The lowest BCUT2D eigenvalue weighted by Crippen LogP contribution is -2.48. The van der Waals surface area contributed by atoms with Gasteiger partial charge in [0, 0.05) is 13.1 Å². The van der Waals surface area contributed by atoms with Crippen LogP contribution < -0.4 is 5.32 Å². The number of nitrogens with zero attached hydrogens (tertiary/aromatic N) is 1. The lowest BCUT2D eigenvalue weighted by molar-refractivity contribution is -0.140. The number of hydrogen-bond acceptors (Lipinski definition) is 2. The van der Waals surface area contributed by atoms with E-state index in [1.807, 2.05) is 57.2 Å². The molecule has 4 heteroatoms. The van der Waals surface area contributed by atoms with Gasteiger partial charge in [-0.3, -0.25) is 9.59 Å². The molecule has 2 amide bonds. The molecule has 0 spiro atoms. The van der Waals surface area contributed by atoms with Crippen molar-refractivity contribution in [3.63, 3.8) is 0 Å². The first-order chi connectivity index (χ1) is 13.3. The Morgan fingerprint density at radius 3 is 2.21 bits per heavy atom. The van der Waals surface area contributed by atoms with E-state index in [-0.39, 0.29) is 11.8 Å². The minimum absolute atomic E-state index is 0.0389. The molecule has 0 saturated carbocycles. The van der Waals surface area contributed by atoms with Crippen molar-refractivity contribution < 1.29 is 9.59 Å². The number of nitrogens with one attached hydrogen (secondary N) is 1. The topological polar surface area (TPSA) is 49.4 Å². The molecule has 28 heavy (non-hydrogen) atoms. The Labute approximate surface area is 169 Å². The number of aryl methyl sites for hydroxylation is 3. The van der Waals surface area contributed by atoms with Crippen LogP contribution in [0.3, 0.4) is 0 Å². The van der Waals surface area contributed by atoms with Gasteiger partial charge < -0.3 is 10.2 Å². The maximum atomic E-state index is 13.1. The second kappa shape index (κ2) is 10.1. The summed E-state index contributed by atoms with van der Waals surface area (Å²) in [5, 5.41) is 2.91. The zero-order valence-electron chi connectivity index (χ0n) is 17.7. The second-order valence-corrected chi connectivity index (χ2v) is 7.57. The predicted molar refractivity (Wildman–Crippen MR) is 114 cm³/mol. The summed E-state index contributed by atoms with van der Waals surface area (Å²) in [6.07, 6.45) is 1.16. The quantitative estimate of drug-likeness (QED) is 0.750. The lowest BCUT2D eigenvalue weighted by atomic mass is 10.0. The molecule has 150 valence electrons. The first-order valence-electron chi connectivity index (χ1n) is 10.0. The third kappa shape index (κ3) is 5.95. The van der Waals surface area contributed by atoms with Crippen molar-refractivity contribution in [2.75, 3.05) is 6.54 Å². The standard InChI is InChI=1S/C24H32N2O2/c1-6-13-25-24(28)20(5)26(16-21-10-7-17(2)8-11-21)23(27)15-22-12-9-18(3)19(4)14-22/h7-12,14,20H,6,13,15-16H2,1-5H3,(H,25,28). The van der Waals surface area contributed by atoms with Crippen LogP contribution in [0, 0.1) is 20.8 Å². The molecule has 0 aliphatic rings. The molecule has 4 nitrogen and oxygen atoms in total. The Morgan fingerprint density at radius 2 is 1.61 bits per heavy atom. The predicted octanol–water partition coefficient (Wildman–Crippen LogP) is 4.10. The van der Waals surface area contributed by atoms with Gasteiger partial charge in [0.1, 0.15) is 6.04 Å². The molecule has 1 unspecified atom stereocenters. The summed E-state index contributed by atoms with van der Waals surface area (Å²) in [6.45, 7) is 11.0. The van der Waals surface area contributed by atoms with Crippen LogP contribution in [0.4, 0.5) is 0 Å². The average molecular weight is 381 g/mol. The van der Waals surface area contributed by atoms with E-state index in [4.69, 9.17) is 0 Å². The first-order valence-corrected chi connectivity index (χ1v) is 10.0. The number of rotatable bonds is 8. The van der Waals surface area contributed by atoms with Gasteiger partial charge in [0.05, 0.1) is 6.42 Å². The maximum absolute atomic E-state index is 13.1. The summed E-state index contributed by atoms with van der Waals surface area (Å²) in [6, 6.07) is 13.7. The van der Waals surface area contributed by atoms with Gasteiger partial charge in [-0.2, -0.15) is 0 Å².